The molecule has 2 aliphatic rings. The summed E-state index contributed by atoms with van der Waals surface area (Å²) >= 11 is 0. The van der Waals surface area contributed by atoms with Crippen LogP contribution in [0.3, 0.4) is 0 Å². The number of carbonyl (C=O) groups excluding carboxylic acids is 2. The number of carbonyl (C=O) groups is 2. The number of nitrogens with zero attached hydrogens (tertiary/aromatic N) is 1. The molecule has 0 radical (unpaired) electrons. The first kappa shape index (κ1) is 13.0. The molecule has 0 atom stereocenters. The van der Waals surface area contributed by atoms with E-state index in [0.717, 1.165) is 23.8 Å². The highest BCUT2D eigenvalue weighted by atomic mass is 19.1. The third-order valence-corrected chi connectivity index (χ3v) is 4.12. The molecular formula is C15H11FN2O4. The van der Waals surface area contributed by atoms with Gasteiger partial charge in [-0.1, -0.05) is 0 Å². The fourth-order valence-electron chi connectivity index (χ4n) is 3.09. The van der Waals surface area contributed by atoms with Crippen LogP contribution in [-0.4, -0.2) is 16.8 Å². The number of oxazole rings is 1. The fraction of sp³-hybridized carbons (Fsp3) is 0.267. The van der Waals surface area contributed by atoms with Gasteiger partial charge in [0.05, 0.1) is 11.2 Å². The lowest BCUT2D eigenvalue weighted by Crippen LogP contribution is -2.32. The molecule has 1 aromatic heterocycles. The predicted octanol–water partition coefficient (Wildman–Crippen LogP) is 2.00. The smallest absolute Gasteiger partial charge is 0.408 e. The van der Waals surface area contributed by atoms with Crippen LogP contribution in [0.1, 0.15) is 25.7 Å². The summed E-state index contributed by atoms with van der Waals surface area (Å²) in [6, 6.07) is 2.25. The van der Waals surface area contributed by atoms with Crippen LogP contribution in [0.15, 0.2) is 32.5 Å². The molecule has 1 aromatic carbocycles. The van der Waals surface area contributed by atoms with Gasteiger partial charge in [-0.2, -0.15) is 0 Å². The Morgan fingerprint density at radius 1 is 1.05 bits per heavy atom. The number of imide groups is 1. The molecule has 1 aliphatic carbocycles. The van der Waals surface area contributed by atoms with Crippen molar-refractivity contribution in [2.75, 3.05) is 4.90 Å². The summed E-state index contributed by atoms with van der Waals surface area (Å²) in [4.78, 5) is 39.3. The second-order valence-electron chi connectivity index (χ2n) is 5.42. The quantitative estimate of drug-likeness (QED) is 0.817. The molecule has 22 heavy (non-hydrogen) atoms. The van der Waals surface area contributed by atoms with Crippen molar-refractivity contribution in [3.8, 4) is 0 Å². The highest BCUT2D eigenvalue weighted by Crippen LogP contribution is 2.37. The van der Waals surface area contributed by atoms with Crippen molar-refractivity contribution in [1.82, 2.24) is 4.98 Å². The summed E-state index contributed by atoms with van der Waals surface area (Å²) in [6.45, 7) is 0. The van der Waals surface area contributed by atoms with E-state index in [1.54, 1.807) is 0 Å². The van der Waals surface area contributed by atoms with Gasteiger partial charge in [0.1, 0.15) is 0 Å². The summed E-state index contributed by atoms with van der Waals surface area (Å²) < 4.78 is 19.0. The Morgan fingerprint density at radius 2 is 1.68 bits per heavy atom. The molecule has 1 N–H and O–H groups in total. The van der Waals surface area contributed by atoms with E-state index in [4.69, 9.17) is 4.42 Å². The number of aromatic amines is 1. The first-order chi connectivity index (χ1) is 10.6. The number of H-pyrrole nitrogens is 1. The Hall–Kier alpha value is -2.70. The first-order valence-electron chi connectivity index (χ1n) is 6.99. The van der Waals surface area contributed by atoms with Crippen LogP contribution < -0.4 is 10.7 Å². The topological polar surface area (TPSA) is 83.4 Å². The standard InChI is InChI=1S/C15H11FN2O4/c16-9-5-12-10(17-15(21)22-12)6-11(9)18-13(19)7-3-1-2-4-8(7)14(18)20/h5-6H,1-4H2,(H,17,21). The van der Waals surface area contributed by atoms with Crippen molar-refractivity contribution in [3.05, 3.63) is 39.6 Å². The van der Waals surface area contributed by atoms with Crippen LogP contribution in [0, 0.1) is 5.82 Å². The highest BCUT2D eigenvalue weighted by molar-refractivity contribution is 6.33. The van der Waals surface area contributed by atoms with Crippen LogP contribution in [0.25, 0.3) is 11.1 Å². The molecule has 0 fully saturated rings. The molecule has 4 rings (SSSR count). The number of rotatable bonds is 1. The average molecular weight is 302 g/mol. The molecule has 2 heterocycles. The minimum Gasteiger partial charge on any atom is -0.408 e. The minimum absolute atomic E-state index is 0.0445. The maximum Gasteiger partial charge on any atom is 0.417 e. The molecule has 1 aliphatic heterocycles. The van der Waals surface area contributed by atoms with E-state index < -0.39 is 23.4 Å². The molecule has 0 bridgehead atoms. The second-order valence-corrected chi connectivity index (χ2v) is 5.42. The molecule has 7 heteroatoms. The zero-order valence-electron chi connectivity index (χ0n) is 11.4. The number of benzene rings is 1. The Bertz CT molecular complexity index is 893. The van der Waals surface area contributed by atoms with Gasteiger partial charge in [0.25, 0.3) is 11.8 Å². The van der Waals surface area contributed by atoms with Crippen molar-refractivity contribution in [2.45, 2.75) is 25.7 Å². The van der Waals surface area contributed by atoms with Gasteiger partial charge in [-0.05, 0) is 31.7 Å². The largest absolute Gasteiger partial charge is 0.417 e. The first-order valence-corrected chi connectivity index (χ1v) is 6.99. The van der Waals surface area contributed by atoms with Gasteiger partial charge in [-0.15, -0.1) is 0 Å². The van der Waals surface area contributed by atoms with E-state index in [1.165, 1.54) is 6.07 Å². The van der Waals surface area contributed by atoms with E-state index in [2.05, 4.69) is 4.98 Å². The minimum atomic E-state index is -0.781. The molecule has 0 unspecified atom stereocenters. The van der Waals surface area contributed by atoms with Crippen molar-refractivity contribution in [1.29, 1.82) is 0 Å². The summed E-state index contributed by atoms with van der Waals surface area (Å²) in [5.74, 6) is -2.44. The molecular weight excluding hydrogens is 291 g/mol. The number of amides is 2. The van der Waals surface area contributed by atoms with E-state index in [-0.39, 0.29) is 16.8 Å². The lowest BCUT2D eigenvalue weighted by Gasteiger charge is -2.15. The number of halogens is 1. The van der Waals surface area contributed by atoms with Gasteiger partial charge in [0.2, 0.25) is 0 Å². The van der Waals surface area contributed by atoms with Crippen LogP contribution in [0.4, 0.5) is 10.1 Å². The third kappa shape index (κ3) is 1.68. The van der Waals surface area contributed by atoms with Crippen LogP contribution in [0.2, 0.25) is 0 Å². The predicted molar refractivity (Wildman–Crippen MR) is 74.8 cm³/mol. The number of nitrogens with one attached hydrogen (secondary N) is 1. The van der Waals surface area contributed by atoms with Crippen molar-refractivity contribution < 1.29 is 18.4 Å². The molecule has 0 spiro atoms. The Kier molecular flexibility index (Phi) is 2.60. The molecule has 0 saturated carbocycles. The number of anilines is 1. The summed E-state index contributed by atoms with van der Waals surface area (Å²) in [7, 11) is 0. The molecule has 6 nitrogen and oxygen atoms in total. The van der Waals surface area contributed by atoms with Gasteiger partial charge in [0, 0.05) is 17.2 Å². The number of hydrogen-bond acceptors (Lipinski definition) is 4. The Morgan fingerprint density at radius 3 is 2.32 bits per heavy atom. The lowest BCUT2D eigenvalue weighted by atomic mass is 9.93. The summed E-state index contributed by atoms with van der Waals surface area (Å²) in [6.07, 6.45) is 2.79. The third-order valence-electron chi connectivity index (χ3n) is 4.12. The maximum absolute atomic E-state index is 14.3. The number of hydrogen-bond donors (Lipinski definition) is 1. The zero-order valence-corrected chi connectivity index (χ0v) is 11.4. The second kappa shape index (κ2) is 4.40. The summed E-state index contributed by atoms with van der Waals surface area (Å²) in [5, 5.41) is 0. The van der Waals surface area contributed by atoms with E-state index >= 15 is 0 Å². The van der Waals surface area contributed by atoms with E-state index in [0.29, 0.717) is 24.0 Å². The monoisotopic (exact) mass is 302 g/mol. The molecule has 0 saturated heterocycles. The SMILES string of the molecule is O=C1C2=C(CCCC2)C(=O)N1c1cc2[nH]c(=O)oc2cc1F. The van der Waals surface area contributed by atoms with Crippen LogP contribution >= 0.6 is 0 Å². The molecule has 2 aromatic rings. The lowest BCUT2D eigenvalue weighted by molar-refractivity contribution is -0.120. The fourth-order valence-corrected chi connectivity index (χ4v) is 3.09. The number of aromatic nitrogens is 1. The van der Waals surface area contributed by atoms with Crippen molar-refractivity contribution in [2.24, 2.45) is 0 Å². The number of fused-ring (bicyclic) bond motifs is 1. The highest BCUT2D eigenvalue weighted by Gasteiger charge is 2.40. The summed E-state index contributed by atoms with van der Waals surface area (Å²) in [5.41, 5.74) is 1.09. The Balaban J connectivity index is 1.86. The van der Waals surface area contributed by atoms with Gasteiger partial charge >= 0.3 is 5.76 Å². The van der Waals surface area contributed by atoms with E-state index in [1.807, 2.05) is 0 Å². The van der Waals surface area contributed by atoms with Gasteiger partial charge in [-0.25, -0.2) is 14.1 Å². The molecule has 2 amide bonds. The van der Waals surface area contributed by atoms with Gasteiger partial charge < -0.3 is 4.42 Å². The Labute approximate surface area is 123 Å². The van der Waals surface area contributed by atoms with Gasteiger partial charge in [-0.3, -0.25) is 14.6 Å². The van der Waals surface area contributed by atoms with E-state index in [9.17, 15) is 18.8 Å². The maximum atomic E-state index is 14.3. The van der Waals surface area contributed by atoms with Crippen LogP contribution in [-0.2, 0) is 9.59 Å². The molecule has 112 valence electrons. The average Bonchev–Trinajstić information content (AvgIpc) is 2.97. The van der Waals surface area contributed by atoms with Crippen molar-refractivity contribution >= 4 is 28.6 Å². The normalized spacial score (nSPS) is 18.5. The van der Waals surface area contributed by atoms with Crippen molar-refractivity contribution in [3.63, 3.8) is 0 Å². The zero-order chi connectivity index (χ0) is 15.4. The van der Waals surface area contributed by atoms with Gasteiger partial charge in [0.15, 0.2) is 11.4 Å². The van der Waals surface area contributed by atoms with Crippen LogP contribution in [0.5, 0.6) is 0 Å².